The van der Waals surface area contributed by atoms with E-state index in [1.54, 1.807) is 18.6 Å². The predicted molar refractivity (Wildman–Crippen MR) is 64.0 cm³/mol. The van der Waals surface area contributed by atoms with Crippen molar-refractivity contribution in [3.63, 3.8) is 0 Å². The van der Waals surface area contributed by atoms with Crippen LogP contribution in [0, 0.1) is 5.82 Å². The molecular formula is C14H14FNO. The Morgan fingerprint density at radius 1 is 1.29 bits per heavy atom. The van der Waals surface area contributed by atoms with E-state index in [-0.39, 0.29) is 5.82 Å². The van der Waals surface area contributed by atoms with Crippen LogP contribution in [0.1, 0.15) is 18.4 Å². The Balaban J connectivity index is 1.83. The number of hydrogen-bond donors (Lipinski definition) is 1. The van der Waals surface area contributed by atoms with Crippen LogP contribution in [0.15, 0.2) is 41.2 Å². The molecule has 2 aromatic rings. The molecule has 1 aromatic heterocycles. The lowest BCUT2D eigenvalue weighted by atomic mass is 10.1. The van der Waals surface area contributed by atoms with E-state index in [9.17, 15) is 4.39 Å². The lowest BCUT2D eigenvalue weighted by Crippen LogP contribution is -2.15. The third kappa shape index (κ3) is 2.39. The van der Waals surface area contributed by atoms with Gasteiger partial charge in [-0.05, 0) is 36.6 Å². The van der Waals surface area contributed by atoms with Crippen LogP contribution in [-0.4, -0.2) is 6.04 Å². The molecule has 3 rings (SSSR count). The monoisotopic (exact) mass is 231 g/mol. The second-order valence-electron chi connectivity index (χ2n) is 4.48. The fraction of sp³-hybridized carbons (Fsp3) is 0.286. The maximum absolute atomic E-state index is 13.7. The Kier molecular flexibility index (Phi) is 2.69. The first kappa shape index (κ1) is 10.5. The van der Waals surface area contributed by atoms with Gasteiger partial charge in [-0.15, -0.1) is 0 Å². The van der Waals surface area contributed by atoms with Gasteiger partial charge >= 0.3 is 0 Å². The highest BCUT2D eigenvalue weighted by molar-refractivity contribution is 5.63. The van der Waals surface area contributed by atoms with Gasteiger partial charge in [0.15, 0.2) is 0 Å². The van der Waals surface area contributed by atoms with Crippen molar-refractivity contribution >= 4 is 0 Å². The largest absolute Gasteiger partial charge is 0.472 e. The molecule has 1 saturated carbocycles. The fourth-order valence-electron chi connectivity index (χ4n) is 1.87. The van der Waals surface area contributed by atoms with E-state index in [0.29, 0.717) is 11.6 Å². The van der Waals surface area contributed by atoms with Crippen LogP contribution in [0.3, 0.4) is 0 Å². The minimum absolute atomic E-state index is 0.207. The smallest absolute Gasteiger partial charge is 0.131 e. The van der Waals surface area contributed by atoms with E-state index < -0.39 is 0 Å². The van der Waals surface area contributed by atoms with Gasteiger partial charge in [-0.3, -0.25) is 0 Å². The molecule has 0 unspecified atom stereocenters. The topological polar surface area (TPSA) is 25.2 Å². The zero-order valence-corrected chi connectivity index (χ0v) is 9.45. The maximum Gasteiger partial charge on any atom is 0.131 e. The van der Waals surface area contributed by atoms with Crippen LogP contribution in [0.2, 0.25) is 0 Å². The van der Waals surface area contributed by atoms with Crippen LogP contribution in [0.4, 0.5) is 4.39 Å². The third-order valence-electron chi connectivity index (χ3n) is 3.04. The summed E-state index contributed by atoms with van der Waals surface area (Å²) in [6, 6.07) is 7.67. The molecular weight excluding hydrogens is 217 g/mol. The molecule has 3 heteroatoms. The summed E-state index contributed by atoms with van der Waals surface area (Å²) in [7, 11) is 0. The first-order valence-corrected chi connectivity index (χ1v) is 5.87. The predicted octanol–water partition coefficient (Wildman–Crippen LogP) is 3.34. The summed E-state index contributed by atoms with van der Waals surface area (Å²) in [5.74, 6) is -0.207. The average molecular weight is 231 g/mol. The highest BCUT2D eigenvalue weighted by Crippen LogP contribution is 2.25. The van der Waals surface area contributed by atoms with Crippen molar-refractivity contribution in [2.24, 2.45) is 0 Å². The number of rotatable bonds is 4. The van der Waals surface area contributed by atoms with E-state index in [1.807, 2.05) is 12.1 Å². The molecule has 1 fully saturated rings. The Hall–Kier alpha value is -1.61. The Bertz CT molecular complexity index is 503. The number of furan rings is 1. The summed E-state index contributed by atoms with van der Waals surface area (Å²) in [6.45, 7) is 0.801. The van der Waals surface area contributed by atoms with Crippen molar-refractivity contribution in [2.45, 2.75) is 25.4 Å². The quantitative estimate of drug-likeness (QED) is 0.873. The minimum Gasteiger partial charge on any atom is -0.472 e. The fourth-order valence-corrected chi connectivity index (χ4v) is 1.87. The van der Waals surface area contributed by atoms with Gasteiger partial charge in [0.25, 0.3) is 0 Å². The molecule has 0 spiro atoms. The summed E-state index contributed by atoms with van der Waals surface area (Å²) in [5.41, 5.74) is 2.50. The normalized spacial score (nSPS) is 15.1. The molecule has 2 nitrogen and oxygen atoms in total. The summed E-state index contributed by atoms with van der Waals surface area (Å²) < 4.78 is 18.7. The number of halogens is 1. The van der Waals surface area contributed by atoms with Gasteiger partial charge in [0.05, 0.1) is 12.5 Å². The summed E-state index contributed by atoms with van der Waals surface area (Å²) in [5, 5.41) is 3.42. The first-order valence-electron chi connectivity index (χ1n) is 5.87. The van der Waals surface area contributed by atoms with Gasteiger partial charge in [0.2, 0.25) is 0 Å². The van der Waals surface area contributed by atoms with Crippen molar-refractivity contribution in [1.29, 1.82) is 0 Å². The van der Waals surface area contributed by atoms with E-state index in [2.05, 4.69) is 5.32 Å². The van der Waals surface area contributed by atoms with E-state index >= 15 is 0 Å². The Morgan fingerprint density at radius 2 is 2.18 bits per heavy atom. The molecule has 1 aromatic carbocycles. The number of hydrogen-bond acceptors (Lipinski definition) is 2. The van der Waals surface area contributed by atoms with Crippen molar-refractivity contribution in [1.82, 2.24) is 5.32 Å². The maximum atomic E-state index is 13.7. The van der Waals surface area contributed by atoms with Gasteiger partial charge in [0, 0.05) is 23.7 Å². The molecule has 0 atom stereocenters. The molecule has 0 amide bonds. The molecule has 17 heavy (non-hydrogen) atoms. The lowest BCUT2D eigenvalue weighted by Gasteiger charge is -2.06. The molecule has 88 valence electrons. The molecule has 0 radical (unpaired) electrons. The SMILES string of the molecule is Fc1ccc(CNC2CC2)cc1-c1ccoc1. The van der Waals surface area contributed by atoms with Crippen LogP contribution in [0.25, 0.3) is 11.1 Å². The number of benzene rings is 1. The van der Waals surface area contributed by atoms with Crippen molar-refractivity contribution in [3.05, 3.63) is 48.2 Å². The Morgan fingerprint density at radius 3 is 2.88 bits per heavy atom. The minimum atomic E-state index is -0.207. The Labute approximate surface area is 99.5 Å². The van der Waals surface area contributed by atoms with E-state index in [0.717, 1.165) is 17.7 Å². The summed E-state index contributed by atoms with van der Waals surface area (Å²) in [6.07, 6.45) is 5.64. The molecule has 0 bridgehead atoms. The second-order valence-corrected chi connectivity index (χ2v) is 4.48. The zero-order valence-electron chi connectivity index (χ0n) is 9.45. The molecule has 0 aliphatic heterocycles. The van der Waals surface area contributed by atoms with Gasteiger partial charge < -0.3 is 9.73 Å². The molecule has 1 N–H and O–H groups in total. The van der Waals surface area contributed by atoms with Crippen molar-refractivity contribution in [3.8, 4) is 11.1 Å². The van der Waals surface area contributed by atoms with Crippen LogP contribution >= 0.6 is 0 Å². The van der Waals surface area contributed by atoms with Crippen LogP contribution < -0.4 is 5.32 Å². The van der Waals surface area contributed by atoms with Crippen molar-refractivity contribution < 1.29 is 8.81 Å². The summed E-state index contributed by atoms with van der Waals surface area (Å²) in [4.78, 5) is 0. The number of nitrogens with one attached hydrogen (secondary N) is 1. The molecule has 0 saturated heterocycles. The standard InChI is InChI=1S/C14H14FNO/c15-14-4-1-10(8-16-12-2-3-12)7-13(14)11-5-6-17-9-11/h1,4-7,9,12,16H,2-3,8H2. The van der Waals surface area contributed by atoms with Gasteiger partial charge in [-0.1, -0.05) is 6.07 Å². The highest BCUT2D eigenvalue weighted by atomic mass is 19.1. The molecule has 1 aliphatic carbocycles. The van der Waals surface area contributed by atoms with Crippen LogP contribution in [0.5, 0.6) is 0 Å². The van der Waals surface area contributed by atoms with Gasteiger partial charge in [-0.25, -0.2) is 4.39 Å². The van der Waals surface area contributed by atoms with E-state index in [4.69, 9.17) is 4.42 Å². The second kappa shape index (κ2) is 4.34. The van der Waals surface area contributed by atoms with Gasteiger partial charge in [-0.2, -0.15) is 0 Å². The first-order chi connectivity index (χ1) is 8.33. The van der Waals surface area contributed by atoms with Crippen molar-refractivity contribution in [2.75, 3.05) is 0 Å². The average Bonchev–Trinajstić information content (AvgIpc) is 3.01. The van der Waals surface area contributed by atoms with E-state index in [1.165, 1.54) is 18.9 Å². The van der Waals surface area contributed by atoms with Gasteiger partial charge in [0.1, 0.15) is 5.82 Å². The molecule has 1 aliphatic rings. The van der Waals surface area contributed by atoms with Crippen LogP contribution in [-0.2, 0) is 6.54 Å². The molecule has 1 heterocycles. The zero-order chi connectivity index (χ0) is 11.7. The highest BCUT2D eigenvalue weighted by Gasteiger charge is 2.20. The lowest BCUT2D eigenvalue weighted by molar-refractivity contribution is 0.567. The third-order valence-corrected chi connectivity index (χ3v) is 3.04. The summed E-state index contributed by atoms with van der Waals surface area (Å²) >= 11 is 0.